The van der Waals surface area contributed by atoms with Crippen molar-refractivity contribution in [1.82, 2.24) is 0 Å². The molecule has 0 spiro atoms. The quantitative estimate of drug-likeness (QED) is 0.137. The van der Waals surface area contributed by atoms with Crippen LogP contribution >= 0.6 is 0 Å². The van der Waals surface area contributed by atoms with Crippen LogP contribution < -0.4 is 4.74 Å². The molecule has 0 amide bonds. The van der Waals surface area contributed by atoms with E-state index < -0.39 is 0 Å². The highest BCUT2D eigenvalue weighted by atomic mass is 16.5. The fourth-order valence-electron chi connectivity index (χ4n) is 5.89. The van der Waals surface area contributed by atoms with Gasteiger partial charge in [-0.2, -0.15) is 0 Å². The summed E-state index contributed by atoms with van der Waals surface area (Å²) in [6, 6.07) is 8.43. The summed E-state index contributed by atoms with van der Waals surface area (Å²) in [5.41, 5.74) is 2.47. The van der Waals surface area contributed by atoms with Crippen molar-refractivity contribution < 1.29 is 9.53 Å². The van der Waals surface area contributed by atoms with Crippen LogP contribution in [0.2, 0.25) is 0 Å². The molecule has 0 N–H and O–H groups in total. The van der Waals surface area contributed by atoms with Crippen LogP contribution in [0.4, 0.5) is 0 Å². The second kappa shape index (κ2) is 11.9. The van der Waals surface area contributed by atoms with Crippen molar-refractivity contribution in [2.75, 3.05) is 0 Å². The molecule has 3 saturated carbocycles. The number of fused-ring (bicyclic) bond motifs is 3. The highest BCUT2D eigenvalue weighted by molar-refractivity contribution is 5.83. The lowest BCUT2D eigenvalue weighted by atomic mass is 9.51. The predicted molar refractivity (Wildman–Crippen MR) is 131 cm³/mol. The van der Waals surface area contributed by atoms with Gasteiger partial charge in [-0.3, -0.25) is 0 Å². The topological polar surface area (TPSA) is 26.3 Å². The Hall–Kier alpha value is -1.57. The highest BCUT2D eigenvalue weighted by Gasteiger charge is 2.48. The monoisotopic (exact) mass is 424 g/mol. The number of allylic oxidation sites excluding steroid dienone is 1. The van der Waals surface area contributed by atoms with Gasteiger partial charge in [0.05, 0.1) is 0 Å². The van der Waals surface area contributed by atoms with Crippen LogP contribution in [-0.4, -0.2) is 5.97 Å². The lowest BCUT2D eigenvalue weighted by Crippen LogP contribution is -2.44. The molecule has 0 saturated heterocycles. The SMILES string of the molecule is CCCCC/C=C/C(=O)Oc1ccc(C23CCC(CCCCCCC)(CC2)CC3)cc1. The van der Waals surface area contributed by atoms with E-state index in [1.54, 1.807) is 6.08 Å². The zero-order valence-electron chi connectivity index (χ0n) is 20.1. The molecular formula is C29H44O2. The van der Waals surface area contributed by atoms with Crippen LogP contribution in [0.25, 0.3) is 0 Å². The molecule has 2 bridgehead atoms. The normalized spacial score (nSPS) is 25.2. The molecule has 3 aliphatic rings. The number of rotatable bonds is 13. The van der Waals surface area contributed by atoms with Crippen LogP contribution in [0.3, 0.4) is 0 Å². The van der Waals surface area contributed by atoms with E-state index in [0.717, 1.165) is 12.8 Å². The van der Waals surface area contributed by atoms with Gasteiger partial charge in [-0.25, -0.2) is 4.79 Å². The van der Waals surface area contributed by atoms with Gasteiger partial charge in [0.1, 0.15) is 5.75 Å². The maximum Gasteiger partial charge on any atom is 0.335 e. The second-order valence-corrected chi connectivity index (χ2v) is 10.3. The number of hydrogen-bond donors (Lipinski definition) is 0. The largest absolute Gasteiger partial charge is 0.423 e. The van der Waals surface area contributed by atoms with Gasteiger partial charge in [-0.1, -0.05) is 77.0 Å². The molecule has 3 aliphatic carbocycles. The van der Waals surface area contributed by atoms with E-state index in [4.69, 9.17) is 4.74 Å². The van der Waals surface area contributed by atoms with Gasteiger partial charge in [-0.15, -0.1) is 0 Å². The minimum absolute atomic E-state index is 0.263. The average Bonchev–Trinajstić information content (AvgIpc) is 2.80. The van der Waals surface area contributed by atoms with E-state index in [9.17, 15) is 4.79 Å². The van der Waals surface area contributed by atoms with E-state index in [0.29, 0.717) is 16.6 Å². The summed E-state index contributed by atoms with van der Waals surface area (Å²) in [5.74, 6) is 0.401. The molecule has 0 unspecified atom stereocenters. The third kappa shape index (κ3) is 6.70. The highest BCUT2D eigenvalue weighted by Crippen LogP contribution is 2.59. The lowest BCUT2D eigenvalue weighted by Gasteiger charge is -2.54. The van der Waals surface area contributed by atoms with Crippen LogP contribution in [0, 0.1) is 5.41 Å². The van der Waals surface area contributed by atoms with E-state index in [-0.39, 0.29) is 5.97 Å². The number of carbonyl (C=O) groups excluding carboxylic acids is 1. The van der Waals surface area contributed by atoms with Gasteiger partial charge in [0.2, 0.25) is 0 Å². The third-order valence-corrected chi connectivity index (χ3v) is 8.13. The summed E-state index contributed by atoms with van der Waals surface area (Å²) in [4.78, 5) is 12.0. The molecule has 2 heteroatoms. The average molecular weight is 425 g/mol. The maximum absolute atomic E-state index is 12.0. The van der Waals surface area contributed by atoms with Gasteiger partial charge in [0.25, 0.3) is 0 Å². The Morgan fingerprint density at radius 1 is 0.839 bits per heavy atom. The molecule has 0 radical (unpaired) electrons. The molecule has 0 atom stereocenters. The van der Waals surface area contributed by atoms with Crippen LogP contribution in [-0.2, 0) is 10.2 Å². The van der Waals surface area contributed by atoms with Crippen molar-refractivity contribution in [3.05, 3.63) is 42.0 Å². The summed E-state index contributed by atoms with van der Waals surface area (Å²) >= 11 is 0. The zero-order chi connectivity index (χ0) is 22.0. The van der Waals surface area contributed by atoms with Crippen molar-refractivity contribution in [1.29, 1.82) is 0 Å². The van der Waals surface area contributed by atoms with Gasteiger partial charge in [-0.05, 0) is 86.3 Å². The summed E-state index contributed by atoms with van der Waals surface area (Å²) in [6.07, 6.45) is 24.7. The van der Waals surface area contributed by atoms with Crippen molar-refractivity contribution in [3.8, 4) is 5.75 Å². The molecule has 172 valence electrons. The Bertz CT molecular complexity index is 675. The second-order valence-electron chi connectivity index (χ2n) is 10.3. The number of ether oxygens (including phenoxy) is 1. The number of benzene rings is 1. The molecule has 2 nitrogen and oxygen atoms in total. The Balaban J connectivity index is 1.47. The molecule has 31 heavy (non-hydrogen) atoms. The number of carbonyl (C=O) groups is 1. The minimum Gasteiger partial charge on any atom is -0.423 e. The molecule has 0 heterocycles. The summed E-state index contributed by atoms with van der Waals surface area (Å²) in [6.45, 7) is 4.48. The van der Waals surface area contributed by atoms with Gasteiger partial charge in [0.15, 0.2) is 0 Å². The minimum atomic E-state index is -0.263. The number of esters is 1. The van der Waals surface area contributed by atoms with Crippen LogP contribution in [0.5, 0.6) is 5.75 Å². The standard InChI is InChI=1S/C29H44O2/c1-3-5-7-9-11-13-27(30)31-26-16-14-25(15-17-26)29-22-19-28(20-23-29,21-24-29)18-12-10-8-6-4-2/h11,13-17H,3-10,12,18-24H2,1-2H3/b13-11+. The predicted octanol–water partition coefficient (Wildman–Crippen LogP) is 8.68. The number of unbranched alkanes of at least 4 members (excludes halogenated alkanes) is 7. The first-order valence-corrected chi connectivity index (χ1v) is 13.1. The first-order valence-electron chi connectivity index (χ1n) is 13.1. The maximum atomic E-state index is 12.0. The van der Waals surface area contributed by atoms with Crippen LogP contribution in [0.15, 0.2) is 36.4 Å². The van der Waals surface area contributed by atoms with E-state index in [1.807, 2.05) is 18.2 Å². The van der Waals surface area contributed by atoms with Crippen molar-refractivity contribution >= 4 is 5.97 Å². The summed E-state index contributed by atoms with van der Waals surface area (Å²) in [5, 5.41) is 0. The Morgan fingerprint density at radius 2 is 1.45 bits per heavy atom. The molecule has 3 fully saturated rings. The third-order valence-electron chi connectivity index (χ3n) is 8.13. The fraction of sp³-hybridized carbons (Fsp3) is 0.690. The van der Waals surface area contributed by atoms with E-state index in [2.05, 4.69) is 26.0 Å². The Kier molecular flexibility index (Phi) is 9.23. The molecule has 0 aliphatic heterocycles. The smallest absolute Gasteiger partial charge is 0.335 e. The Labute approximate surface area is 190 Å². The van der Waals surface area contributed by atoms with Crippen molar-refractivity contribution in [2.24, 2.45) is 5.41 Å². The fourth-order valence-corrected chi connectivity index (χ4v) is 5.89. The van der Waals surface area contributed by atoms with Crippen molar-refractivity contribution in [3.63, 3.8) is 0 Å². The first kappa shape index (κ1) is 24.1. The van der Waals surface area contributed by atoms with Gasteiger partial charge in [0, 0.05) is 6.08 Å². The number of hydrogen-bond acceptors (Lipinski definition) is 2. The van der Waals surface area contributed by atoms with Crippen molar-refractivity contribution in [2.45, 2.75) is 122 Å². The van der Waals surface area contributed by atoms with Gasteiger partial charge >= 0.3 is 5.97 Å². The summed E-state index contributed by atoms with van der Waals surface area (Å²) in [7, 11) is 0. The molecule has 0 aromatic heterocycles. The lowest BCUT2D eigenvalue weighted by molar-refractivity contribution is -0.129. The first-order chi connectivity index (χ1) is 15.1. The molecule has 4 rings (SSSR count). The van der Waals surface area contributed by atoms with E-state index in [1.165, 1.54) is 95.5 Å². The van der Waals surface area contributed by atoms with Crippen LogP contribution in [0.1, 0.15) is 122 Å². The molecular weight excluding hydrogens is 380 g/mol. The van der Waals surface area contributed by atoms with E-state index >= 15 is 0 Å². The molecule has 1 aromatic carbocycles. The van der Waals surface area contributed by atoms with Gasteiger partial charge < -0.3 is 4.74 Å². The Morgan fingerprint density at radius 3 is 2.10 bits per heavy atom. The summed E-state index contributed by atoms with van der Waals surface area (Å²) < 4.78 is 5.50. The molecule has 1 aromatic rings. The zero-order valence-corrected chi connectivity index (χ0v) is 20.1.